The number of hydrogen-bond donors (Lipinski definition) is 1. The first-order valence-corrected chi connectivity index (χ1v) is 19.2. The number of ketones is 3. The summed E-state index contributed by atoms with van der Waals surface area (Å²) in [6, 6.07) is 17.2. The van der Waals surface area contributed by atoms with Gasteiger partial charge in [0, 0.05) is 58.9 Å². The highest BCUT2D eigenvalue weighted by molar-refractivity contribution is 6.26. The average Bonchev–Trinajstić information content (AvgIpc) is 3.01. The first-order valence-electron chi connectivity index (χ1n) is 19.2. The van der Waals surface area contributed by atoms with Crippen molar-refractivity contribution < 1.29 is 19.2 Å². The second kappa shape index (κ2) is 17.8. The van der Waals surface area contributed by atoms with E-state index in [1.54, 1.807) is 13.8 Å². The number of nitrogens with one attached hydrogen (secondary N) is 1. The lowest BCUT2D eigenvalue weighted by molar-refractivity contribution is -0.124. The Morgan fingerprint density at radius 3 is 1.65 bits per heavy atom. The average molecular weight is 696 g/mol. The van der Waals surface area contributed by atoms with Gasteiger partial charge in [0.15, 0.2) is 11.6 Å². The number of allylic oxidation sites excluding steroid dienone is 4. The molecule has 1 aliphatic carbocycles. The largest absolute Gasteiger partial charge is 0.356 e. The summed E-state index contributed by atoms with van der Waals surface area (Å²) in [4.78, 5) is 54.3. The molecule has 5 heteroatoms. The summed E-state index contributed by atoms with van der Waals surface area (Å²) in [7, 11) is 0. The van der Waals surface area contributed by atoms with Gasteiger partial charge in [-0.1, -0.05) is 111 Å². The van der Waals surface area contributed by atoms with E-state index in [4.69, 9.17) is 0 Å². The fourth-order valence-corrected chi connectivity index (χ4v) is 7.49. The lowest BCUT2D eigenvalue weighted by Crippen LogP contribution is -2.38. The van der Waals surface area contributed by atoms with Gasteiger partial charge in [-0.05, 0) is 92.4 Å². The third-order valence-corrected chi connectivity index (χ3v) is 10.3. The van der Waals surface area contributed by atoms with Gasteiger partial charge in [0.05, 0.1) is 0 Å². The lowest BCUT2D eigenvalue weighted by Gasteiger charge is -2.36. The Bertz CT molecular complexity index is 1640. The molecular formula is C46H65NO4. The van der Waals surface area contributed by atoms with Crippen LogP contribution in [0.4, 0.5) is 0 Å². The van der Waals surface area contributed by atoms with Gasteiger partial charge in [-0.2, -0.15) is 0 Å². The van der Waals surface area contributed by atoms with E-state index in [1.807, 2.05) is 27.7 Å². The molecule has 2 aromatic rings. The molecule has 0 saturated heterocycles. The smallest absolute Gasteiger partial charge is 0.220 e. The van der Waals surface area contributed by atoms with Crippen molar-refractivity contribution in [2.24, 2.45) is 22.2 Å². The van der Waals surface area contributed by atoms with Crippen molar-refractivity contribution in [3.8, 4) is 0 Å². The maximum atomic E-state index is 14.0. The molecule has 0 radical (unpaired) electrons. The molecule has 0 aromatic heterocycles. The summed E-state index contributed by atoms with van der Waals surface area (Å²) in [5, 5.41) is 3.04. The van der Waals surface area contributed by atoms with Gasteiger partial charge in [-0.25, -0.2) is 0 Å². The Hall–Kier alpha value is -3.60. The summed E-state index contributed by atoms with van der Waals surface area (Å²) >= 11 is 0. The van der Waals surface area contributed by atoms with Crippen molar-refractivity contribution in [1.82, 2.24) is 5.32 Å². The summed E-state index contributed by atoms with van der Waals surface area (Å²) in [6.07, 6.45) is 7.37. The van der Waals surface area contributed by atoms with Crippen LogP contribution in [0, 0.1) is 22.2 Å². The van der Waals surface area contributed by atoms with Crippen molar-refractivity contribution in [3.63, 3.8) is 0 Å². The van der Waals surface area contributed by atoms with Gasteiger partial charge in [0.2, 0.25) is 5.91 Å². The van der Waals surface area contributed by atoms with Gasteiger partial charge in [-0.3, -0.25) is 19.2 Å². The first kappa shape index (κ1) is 41.8. The summed E-state index contributed by atoms with van der Waals surface area (Å²) < 4.78 is 0. The number of hydrogen-bond acceptors (Lipinski definition) is 4. The number of rotatable bonds is 18. The van der Waals surface area contributed by atoms with Gasteiger partial charge in [0.1, 0.15) is 5.78 Å². The predicted octanol–water partition coefficient (Wildman–Crippen LogP) is 10.1. The van der Waals surface area contributed by atoms with E-state index >= 15 is 0 Å². The molecule has 0 saturated carbocycles. The number of amides is 1. The second-order valence-electron chi connectivity index (χ2n) is 17.9. The fourth-order valence-electron chi connectivity index (χ4n) is 7.49. The van der Waals surface area contributed by atoms with Crippen LogP contribution in [0.5, 0.6) is 0 Å². The molecule has 1 N–H and O–H groups in total. The molecular weight excluding hydrogens is 631 g/mol. The minimum atomic E-state index is -0.839. The Balaban J connectivity index is 1.58. The van der Waals surface area contributed by atoms with Gasteiger partial charge in [-0.15, -0.1) is 0 Å². The molecule has 3 rings (SSSR count). The molecule has 5 nitrogen and oxygen atoms in total. The van der Waals surface area contributed by atoms with Crippen molar-refractivity contribution in [1.29, 1.82) is 0 Å². The third-order valence-electron chi connectivity index (χ3n) is 10.3. The molecule has 0 atom stereocenters. The van der Waals surface area contributed by atoms with E-state index in [9.17, 15) is 19.2 Å². The zero-order valence-corrected chi connectivity index (χ0v) is 33.6. The maximum absolute atomic E-state index is 14.0. The van der Waals surface area contributed by atoms with E-state index < -0.39 is 10.8 Å². The summed E-state index contributed by atoms with van der Waals surface area (Å²) in [5.41, 5.74) is 5.32. The summed E-state index contributed by atoms with van der Waals surface area (Å²) in [6.45, 7) is 22.6. The normalized spacial score (nSPS) is 14.5. The van der Waals surface area contributed by atoms with Crippen LogP contribution in [0.25, 0.3) is 0 Å². The quantitative estimate of drug-likeness (QED) is 0.157. The van der Waals surface area contributed by atoms with Crippen LogP contribution in [0.15, 0.2) is 70.8 Å². The number of carbonyl (C=O) groups excluding carboxylic acids is 4. The summed E-state index contributed by atoms with van der Waals surface area (Å²) in [5.74, 6) is 0.200. The van der Waals surface area contributed by atoms with Crippen LogP contribution >= 0.6 is 0 Å². The molecule has 0 fully saturated rings. The second-order valence-corrected chi connectivity index (χ2v) is 17.9. The van der Waals surface area contributed by atoms with Crippen molar-refractivity contribution in [2.75, 3.05) is 6.54 Å². The van der Waals surface area contributed by atoms with E-state index in [-0.39, 0.29) is 41.5 Å². The van der Waals surface area contributed by atoms with Gasteiger partial charge >= 0.3 is 0 Å². The van der Waals surface area contributed by atoms with Crippen molar-refractivity contribution >= 4 is 23.3 Å². The number of carbonyl (C=O) groups is 4. The first-order chi connectivity index (χ1) is 23.7. The monoisotopic (exact) mass is 695 g/mol. The van der Waals surface area contributed by atoms with Crippen LogP contribution in [-0.2, 0) is 44.9 Å². The standard InChI is InChI=1S/C46H65NO4/c1-31(2)21-22-35-16-13-18-37(28-35)24-26-47-39(49)30-46(10,11)41-33(4)42(50)40(32(3)43(41)51)45(8,9)29-38(48)20-14-19-34-15-12-17-36(27-34)23-25-44(5,6)7/h12-13,15-18,27-28,31H,14,19-26,29-30H2,1-11H3,(H,47,49). The van der Waals surface area contributed by atoms with Crippen LogP contribution in [0.1, 0.15) is 137 Å². The van der Waals surface area contributed by atoms with Gasteiger partial charge < -0.3 is 5.32 Å². The number of aryl methyl sites for hydroxylation is 3. The van der Waals surface area contributed by atoms with Crippen LogP contribution in [0.3, 0.4) is 0 Å². The highest BCUT2D eigenvalue weighted by Gasteiger charge is 2.43. The molecule has 0 bridgehead atoms. The third kappa shape index (κ3) is 12.5. The molecule has 0 heterocycles. The van der Waals surface area contributed by atoms with Crippen molar-refractivity contribution in [3.05, 3.63) is 93.1 Å². The minimum absolute atomic E-state index is 0.0937. The van der Waals surface area contributed by atoms with Crippen LogP contribution < -0.4 is 5.32 Å². The SMILES string of the molecule is CC1=C(C(C)(C)CC(=O)CCCc2cccc(CCC(C)(C)C)c2)C(=O)C(C)=C(C(C)(C)CC(=O)NCCc2cccc(CCC(C)C)c2)C1=O. The maximum Gasteiger partial charge on any atom is 0.220 e. The fraction of sp³-hybridized carbons (Fsp3) is 0.565. The van der Waals surface area contributed by atoms with Crippen LogP contribution in [0.2, 0.25) is 0 Å². The van der Waals surface area contributed by atoms with E-state index in [1.165, 1.54) is 22.3 Å². The molecule has 51 heavy (non-hydrogen) atoms. The van der Waals surface area contributed by atoms with E-state index in [0.717, 1.165) is 44.9 Å². The zero-order valence-electron chi connectivity index (χ0n) is 33.6. The Kier molecular flexibility index (Phi) is 14.6. The zero-order chi connectivity index (χ0) is 38.1. The van der Waals surface area contributed by atoms with Crippen molar-refractivity contribution in [2.45, 2.75) is 140 Å². The Labute approximate surface area is 309 Å². The van der Waals surface area contributed by atoms with E-state index in [0.29, 0.717) is 41.2 Å². The number of Topliss-reactive ketones (excluding diaryl/α,β-unsaturated/α-hetero) is 3. The Morgan fingerprint density at radius 2 is 1.14 bits per heavy atom. The molecule has 0 unspecified atom stereocenters. The minimum Gasteiger partial charge on any atom is -0.356 e. The number of benzene rings is 2. The topological polar surface area (TPSA) is 80.3 Å². The molecule has 1 aliphatic rings. The molecule has 278 valence electrons. The highest BCUT2D eigenvalue weighted by atomic mass is 16.2. The highest BCUT2D eigenvalue weighted by Crippen LogP contribution is 2.44. The molecule has 2 aromatic carbocycles. The van der Waals surface area contributed by atoms with Crippen LogP contribution in [-0.4, -0.2) is 29.8 Å². The molecule has 0 spiro atoms. The molecule has 1 amide bonds. The van der Waals surface area contributed by atoms with Gasteiger partial charge in [0.25, 0.3) is 0 Å². The lowest BCUT2D eigenvalue weighted by atomic mass is 9.65. The van der Waals surface area contributed by atoms with E-state index in [2.05, 4.69) is 88.5 Å². The molecule has 0 aliphatic heterocycles. The Morgan fingerprint density at radius 1 is 0.667 bits per heavy atom. The predicted molar refractivity (Wildman–Crippen MR) is 211 cm³/mol.